The molecule has 2 aromatic heterocycles. The van der Waals surface area contributed by atoms with Gasteiger partial charge in [0.15, 0.2) is 0 Å². The fraction of sp³-hybridized carbons (Fsp3) is 0.389. The topological polar surface area (TPSA) is 175 Å². The molecule has 14 nitrogen and oxygen atoms in total. The summed E-state index contributed by atoms with van der Waals surface area (Å²) >= 11 is 0. The van der Waals surface area contributed by atoms with Gasteiger partial charge in [0.25, 0.3) is 11.8 Å². The Bertz CT molecular complexity index is 1880. The van der Waals surface area contributed by atoms with Gasteiger partial charge in [0.1, 0.15) is 23.7 Å². The number of nitrogens with one attached hydrogen (secondary N) is 4. The molecule has 0 unspecified atom stereocenters. The molecule has 4 aromatic rings. The van der Waals surface area contributed by atoms with Crippen molar-refractivity contribution in [2.45, 2.75) is 62.7 Å². The van der Waals surface area contributed by atoms with Crippen LogP contribution in [0.25, 0.3) is 33.6 Å². The molecule has 54 heavy (non-hydrogen) atoms. The Hall–Kier alpha value is -5.94. The molecule has 4 heterocycles. The highest BCUT2D eigenvalue weighted by atomic mass is 19.3. The quantitative estimate of drug-likeness (QED) is 0.164. The fourth-order valence-electron chi connectivity index (χ4n) is 6.67. The van der Waals surface area contributed by atoms with Crippen LogP contribution in [0.1, 0.15) is 50.4 Å². The second kappa shape index (κ2) is 14.8. The number of ether oxygens (including phenoxy) is 2. The Morgan fingerprint density at radius 1 is 0.667 bits per heavy atom. The van der Waals surface area contributed by atoms with E-state index in [1.54, 1.807) is 0 Å². The summed E-state index contributed by atoms with van der Waals surface area (Å²) in [4.78, 5) is 66.0. The van der Waals surface area contributed by atoms with Crippen LogP contribution in [0.2, 0.25) is 0 Å². The van der Waals surface area contributed by atoms with E-state index in [4.69, 9.17) is 0 Å². The first-order valence-corrected chi connectivity index (χ1v) is 16.9. The molecule has 0 spiro atoms. The van der Waals surface area contributed by atoms with Gasteiger partial charge < -0.3 is 39.9 Å². The molecule has 2 aliphatic rings. The van der Waals surface area contributed by atoms with Crippen LogP contribution >= 0.6 is 0 Å². The number of imidazole rings is 2. The number of nitrogens with zero attached hydrogens (tertiary/aromatic N) is 4. The average Bonchev–Trinajstić information content (AvgIpc) is 3.96. The summed E-state index contributed by atoms with van der Waals surface area (Å²) in [6, 6.07) is 10.6. The number of halogens is 4. The molecule has 2 aromatic carbocycles. The highest BCUT2D eigenvalue weighted by Crippen LogP contribution is 2.42. The van der Waals surface area contributed by atoms with Crippen LogP contribution in [-0.2, 0) is 19.1 Å². The fourth-order valence-corrected chi connectivity index (χ4v) is 6.67. The molecule has 6 rings (SSSR count). The maximum Gasteiger partial charge on any atom is 0.407 e. The summed E-state index contributed by atoms with van der Waals surface area (Å²) in [5.74, 6) is -7.30. The average molecular weight is 755 g/mol. The van der Waals surface area contributed by atoms with Crippen molar-refractivity contribution in [3.63, 3.8) is 0 Å². The van der Waals surface area contributed by atoms with Gasteiger partial charge in [-0.25, -0.2) is 37.1 Å². The van der Waals surface area contributed by atoms with E-state index >= 15 is 0 Å². The van der Waals surface area contributed by atoms with Gasteiger partial charge in [-0.05, 0) is 36.1 Å². The van der Waals surface area contributed by atoms with Crippen molar-refractivity contribution < 1.29 is 46.2 Å². The largest absolute Gasteiger partial charge is 0.453 e. The highest BCUT2D eigenvalue weighted by Gasteiger charge is 2.50. The molecule has 0 aliphatic carbocycles. The highest BCUT2D eigenvalue weighted by molar-refractivity contribution is 5.86. The minimum Gasteiger partial charge on any atom is -0.453 e. The summed E-state index contributed by atoms with van der Waals surface area (Å²) in [7, 11) is 2.27. The zero-order chi connectivity index (χ0) is 38.9. The SMILES string of the molecule is COC(=O)N[C@@H](C)C(=O)N1CC(F)(F)C[C@H]1c1ncc(-c2ccc(-c3ccc(-c4cnc([C@@H]5CC(F)(F)CN5C(=O)[C@H](C)NC(=O)OC)[nH]4)cc3)cc2)[nH]1. The monoisotopic (exact) mass is 754 g/mol. The number of hydrogen-bond acceptors (Lipinski definition) is 8. The summed E-state index contributed by atoms with van der Waals surface area (Å²) in [6.45, 7) is 1.15. The molecule has 0 radical (unpaired) electrons. The lowest BCUT2D eigenvalue weighted by Gasteiger charge is -2.25. The van der Waals surface area contributed by atoms with Crippen LogP contribution < -0.4 is 10.6 Å². The molecular formula is C36H38F4N8O6. The van der Waals surface area contributed by atoms with Crippen LogP contribution in [0.15, 0.2) is 60.9 Å². The summed E-state index contributed by atoms with van der Waals surface area (Å²) in [5, 5.41) is 4.63. The maximum absolute atomic E-state index is 14.5. The number of likely N-dealkylation sites (tertiary alicyclic amines) is 2. The molecule has 2 saturated heterocycles. The predicted molar refractivity (Wildman–Crippen MR) is 185 cm³/mol. The molecule has 4 amide bonds. The number of carbonyl (C=O) groups is 4. The van der Waals surface area contributed by atoms with Crippen molar-refractivity contribution in [1.29, 1.82) is 0 Å². The van der Waals surface area contributed by atoms with Gasteiger partial charge >= 0.3 is 12.2 Å². The Balaban J connectivity index is 1.13. The first-order chi connectivity index (χ1) is 25.6. The minimum atomic E-state index is -3.14. The van der Waals surface area contributed by atoms with Crippen LogP contribution in [0.3, 0.4) is 0 Å². The zero-order valence-corrected chi connectivity index (χ0v) is 29.7. The zero-order valence-electron chi connectivity index (χ0n) is 29.7. The van der Waals surface area contributed by atoms with Gasteiger partial charge in [0, 0.05) is 12.8 Å². The third-order valence-corrected chi connectivity index (χ3v) is 9.43. The minimum absolute atomic E-state index is 0.188. The Kier molecular flexibility index (Phi) is 10.4. The number of benzene rings is 2. The maximum atomic E-state index is 14.5. The van der Waals surface area contributed by atoms with Crippen molar-refractivity contribution in [3.8, 4) is 33.6 Å². The van der Waals surface area contributed by atoms with Crippen molar-refractivity contribution in [2.24, 2.45) is 0 Å². The van der Waals surface area contributed by atoms with Crippen LogP contribution in [-0.4, -0.2) is 105 Å². The molecular weight excluding hydrogens is 716 g/mol. The third kappa shape index (κ3) is 8.01. The van der Waals surface area contributed by atoms with Gasteiger partial charge in [-0.2, -0.15) is 0 Å². The Morgan fingerprint density at radius 2 is 1.00 bits per heavy atom. The van der Waals surface area contributed by atoms with E-state index in [0.29, 0.717) is 11.4 Å². The number of alkyl halides is 4. The van der Waals surface area contributed by atoms with Crippen molar-refractivity contribution >= 4 is 24.0 Å². The van der Waals surface area contributed by atoms with E-state index in [2.05, 4.69) is 40.0 Å². The van der Waals surface area contributed by atoms with E-state index in [1.165, 1.54) is 26.2 Å². The number of carbonyl (C=O) groups excluding carboxylic acids is 4. The number of aromatic nitrogens is 4. The van der Waals surface area contributed by atoms with Gasteiger partial charge in [-0.3, -0.25) is 9.59 Å². The normalized spacial score (nSPS) is 19.9. The number of methoxy groups -OCH3 is 2. The molecule has 2 fully saturated rings. The Morgan fingerprint density at radius 3 is 1.33 bits per heavy atom. The molecule has 4 atom stereocenters. The number of alkyl carbamates (subject to hydrolysis) is 2. The standard InChI is InChI=1S/C36H38F4N8O6/c1-19(43-33(51)53-3)31(49)47-17-35(37,38)13-27(47)29-41-15-25(45-29)23-9-5-21(6-10-23)22-7-11-24(12-8-22)26-16-42-30(46-26)28-14-36(39,40)18-48(28)32(50)20(2)44-34(52)54-4/h5-12,15-16,19-20,27-28H,13-14,17-18H2,1-4H3,(H,41,45)(H,42,46)(H,43,51)(H,44,52)/t19-,20-,27-,28-/m0/s1. The van der Waals surface area contributed by atoms with Crippen molar-refractivity contribution in [1.82, 2.24) is 40.4 Å². The van der Waals surface area contributed by atoms with E-state index in [-0.39, 0.29) is 11.6 Å². The summed E-state index contributed by atoms with van der Waals surface area (Å²) in [6.07, 6.45) is 0.0495. The van der Waals surface area contributed by atoms with Gasteiger partial charge in [0.05, 0.1) is 63.2 Å². The molecule has 2 aliphatic heterocycles. The lowest BCUT2D eigenvalue weighted by Crippen LogP contribution is -2.47. The molecule has 4 N–H and O–H groups in total. The second-order valence-corrected chi connectivity index (χ2v) is 13.3. The molecule has 0 saturated carbocycles. The number of H-pyrrole nitrogens is 2. The van der Waals surface area contributed by atoms with Gasteiger partial charge in [-0.15, -0.1) is 0 Å². The lowest BCUT2D eigenvalue weighted by atomic mass is 10.0. The van der Waals surface area contributed by atoms with Crippen LogP contribution in [0, 0.1) is 0 Å². The number of aromatic amines is 2. The Labute approximate surface area is 306 Å². The third-order valence-electron chi connectivity index (χ3n) is 9.43. The lowest BCUT2D eigenvalue weighted by molar-refractivity contribution is -0.135. The van der Waals surface area contributed by atoms with E-state index in [9.17, 15) is 36.7 Å². The molecule has 0 bridgehead atoms. The predicted octanol–water partition coefficient (Wildman–Crippen LogP) is 5.44. The van der Waals surface area contributed by atoms with Crippen molar-refractivity contribution in [3.05, 3.63) is 72.6 Å². The van der Waals surface area contributed by atoms with Gasteiger partial charge in [-0.1, -0.05) is 48.5 Å². The van der Waals surface area contributed by atoms with Crippen LogP contribution in [0.4, 0.5) is 27.2 Å². The number of hydrogen-bond donors (Lipinski definition) is 4. The number of rotatable bonds is 9. The first-order valence-electron chi connectivity index (χ1n) is 16.9. The smallest absolute Gasteiger partial charge is 0.407 e. The summed E-state index contributed by atoms with van der Waals surface area (Å²) in [5.41, 5.74) is 4.30. The van der Waals surface area contributed by atoms with Crippen molar-refractivity contribution in [2.75, 3.05) is 27.3 Å². The van der Waals surface area contributed by atoms with E-state index < -0.39 is 85.9 Å². The number of amides is 4. The van der Waals surface area contributed by atoms with Gasteiger partial charge in [0.2, 0.25) is 11.8 Å². The van der Waals surface area contributed by atoms with E-state index in [1.807, 2.05) is 48.5 Å². The second-order valence-electron chi connectivity index (χ2n) is 13.3. The molecule has 18 heteroatoms. The summed E-state index contributed by atoms with van der Waals surface area (Å²) < 4.78 is 67.2. The van der Waals surface area contributed by atoms with Crippen LogP contribution in [0.5, 0.6) is 0 Å². The first kappa shape index (κ1) is 37.8. The van der Waals surface area contributed by atoms with E-state index in [0.717, 1.165) is 46.3 Å². The molecule has 286 valence electrons.